The summed E-state index contributed by atoms with van der Waals surface area (Å²) in [6, 6.07) is 0.858. The molecule has 0 heterocycles. The van der Waals surface area contributed by atoms with Gasteiger partial charge >= 0.3 is 0 Å². The van der Waals surface area contributed by atoms with Gasteiger partial charge in [0.2, 0.25) is 0 Å². The summed E-state index contributed by atoms with van der Waals surface area (Å²) in [5.41, 5.74) is 0.564. The van der Waals surface area contributed by atoms with E-state index >= 15 is 0 Å². The average Bonchev–Trinajstić information content (AvgIpc) is 3.14. The zero-order chi connectivity index (χ0) is 12.7. The van der Waals surface area contributed by atoms with E-state index in [1.54, 1.807) is 0 Å². The molecule has 0 radical (unpaired) electrons. The first-order valence-corrected chi connectivity index (χ1v) is 7.91. The lowest BCUT2D eigenvalue weighted by molar-refractivity contribution is 0.130. The zero-order valence-corrected chi connectivity index (χ0v) is 12.5. The maximum absolute atomic E-state index is 3.80. The predicted molar refractivity (Wildman–Crippen MR) is 77.3 cm³/mol. The third kappa shape index (κ3) is 4.62. The lowest BCUT2D eigenvalue weighted by Gasteiger charge is -2.39. The highest BCUT2D eigenvalue weighted by Gasteiger charge is 2.34. The van der Waals surface area contributed by atoms with Gasteiger partial charge in [-0.1, -0.05) is 53.4 Å². The fourth-order valence-corrected chi connectivity index (χ4v) is 3.06. The molecule has 1 rings (SSSR count). The van der Waals surface area contributed by atoms with Gasteiger partial charge in [0.1, 0.15) is 0 Å². The van der Waals surface area contributed by atoms with Crippen LogP contribution in [-0.4, -0.2) is 12.6 Å². The maximum Gasteiger partial charge on any atom is 0.00684 e. The van der Waals surface area contributed by atoms with E-state index in [-0.39, 0.29) is 0 Å². The summed E-state index contributed by atoms with van der Waals surface area (Å²) in [6.07, 6.45) is 11.0. The second-order valence-corrected chi connectivity index (χ2v) is 6.16. The van der Waals surface area contributed by atoms with Crippen molar-refractivity contribution >= 4 is 0 Å². The minimum Gasteiger partial charge on any atom is -0.313 e. The van der Waals surface area contributed by atoms with Crippen LogP contribution in [0.15, 0.2) is 0 Å². The van der Waals surface area contributed by atoms with E-state index in [2.05, 4.69) is 33.0 Å². The minimum absolute atomic E-state index is 0.564. The van der Waals surface area contributed by atoms with Crippen LogP contribution in [0, 0.1) is 11.3 Å². The monoisotopic (exact) mass is 239 g/mol. The topological polar surface area (TPSA) is 12.0 Å². The average molecular weight is 239 g/mol. The van der Waals surface area contributed by atoms with Crippen molar-refractivity contribution in [1.82, 2.24) is 5.32 Å². The molecule has 0 saturated heterocycles. The lowest BCUT2D eigenvalue weighted by Crippen LogP contribution is -2.40. The van der Waals surface area contributed by atoms with Gasteiger partial charge in [-0.25, -0.2) is 0 Å². The summed E-state index contributed by atoms with van der Waals surface area (Å²) >= 11 is 0. The van der Waals surface area contributed by atoms with Crippen LogP contribution in [0.2, 0.25) is 0 Å². The third-order valence-electron chi connectivity index (χ3n) is 4.82. The van der Waals surface area contributed by atoms with Crippen molar-refractivity contribution in [3.05, 3.63) is 0 Å². The molecular weight excluding hydrogens is 206 g/mol. The van der Waals surface area contributed by atoms with Crippen molar-refractivity contribution in [3.8, 4) is 0 Å². The molecule has 0 aromatic rings. The Kier molecular flexibility index (Phi) is 6.54. The molecule has 0 bridgehead atoms. The first-order valence-electron chi connectivity index (χ1n) is 7.91. The predicted octanol–water partition coefficient (Wildman–Crippen LogP) is 4.76. The third-order valence-corrected chi connectivity index (χ3v) is 4.82. The highest BCUT2D eigenvalue weighted by molar-refractivity contribution is 4.89. The molecule has 1 nitrogen and oxygen atoms in total. The van der Waals surface area contributed by atoms with E-state index < -0.39 is 0 Å². The Hall–Kier alpha value is -0.0400. The molecular formula is C16H33N. The number of rotatable bonds is 10. The van der Waals surface area contributed by atoms with Crippen molar-refractivity contribution < 1.29 is 0 Å². The molecule has 17 heavy (non-hydrogen) atoms. The van der Waals surface area contributed by atoms with E-state index in [0.29, 0.717) is 5.41 Å². The van der Waals surface area contributed by atoms with Gasteiger partial charge in [-0.2, -0.15) is 0 Å². The van der Waals surface area contributed by atoms with Gasteiger partial charge in [0.25, 0.3) is 0 Å². The van der Waals surface area contributed by atoms with Gasteiger partial charge in [0.05, 0.1) is 0 Å². The largest absolute Gasteiger partial charge is 0.313 e. The Morgan fingerprint density at radius 3 is 2.35 bits per heavy atom. The first-order chi connectivity index (χ1) is 8.18. The van der Waals surface area contributed by atoms with Crippen LogP contribution in [0.25, 0.3) is 0 Å². The second kappa shape index (κ2) is 7.41. The van der Waals surface area contributed by atoms with Crippen LogP contribution in [0.3, 0.4) is 0 Å². The van der Waals surface area contributed by atoms with E-state index in [1.165, 1.54) is 57.9 Å². The van der Waals surface area contributed by atoms with Crippen molar-refractivity contribution in [1.29, 1.82) is 0 Å². The molecule has 1 heteroatoms. The van der Waals surface area contributed by atoms with Crippen LogP contribution < -0.4 is 5.32 Å². The molecule has 0 amide bonds. The fourth-order valence-electron chi connectivity index (χ4n) is 3.06. The van der Waals surface area contributed by atoms with Gasteiger partial charge in [-0.3, -0.25) is 0 Å². The quantitative estimate of drug-likeness (QED) is 0.579. The standard InChI is InChI=1S/C16H33N/c1-5-8-12-16(7-3,14(4)9-6-2)13-17-15-10-11-15/h14-15,17H,5-13H2,1-4H3. The summed E-state index contributed by atoms with van der Waals surface area (Å²) in [7, 11) is 0. The molecule has 2 unspecified atom stereocenters. The second-order valence-electron chi connectivity index (χ2n) is 6.16. The summed E-state index contributed by atoms with van der Waals surface area (Å²) in [5.74, 6) is 0.871. The normalized spacial score (nSPS) is 21.2. The van der Waals surface area contributed by atoms with Gasteiger partial charge in [-0.05, 0) is 37.0 Å². The van der Waals surface area contributed by atoms with Crippen LogP contribution in [0.1, 0.15) is 79.1 Å². The first kappa shape index (κ1) is 15.0. The summed E-state index contributed by atoms with van der Waals surface area (Å²) in [4.78, 5) is 0. The number of hydrogen-bond acceptors (Lipinski definition) is 1. The fraction of sp³-hybridized carbons (Fsp3) is 1.00. The van der Waals surface area contributed by atoms with Crippen LogP contribution in [-0.2, 0) is 0 Å². The van der Waals surface area contributed by atoms with Crippen molar-refractivity contribution in [2.75, 3.05) is 6.54 Å². The molecule has 0 aromatic heterocycles. The number of unbranched alkanes of at least 4 members (excludes halogenated alkanes) is 1. The molecule has 0 aromatic carbocycles. The van der Waals surface area contributed by atoms with E-state index in [0.717, 1.165) is 12.0 Å². The molecule has 1 saturated carbocycles. The van der Waals surface area contributed by atoms with Crippen LogP contribution in [0.5, 0.6) is 0 Å². The maximum atomic E-state index is 3.80. The lowest BCUT2D eigenvalue weighted by atomic mass is 9.69. The molecule has 1 N–H and O–H groups in total. The van der Waals surface area contributed by atoms with Crippen LogP contribution >= 0.6 is 0 Å². The van der Waals surface area contributed by atoms with Gasteiger partial charge in [-0.15, -0.1) is 0 Å². The smallest absolute Gasteiger partial charge is 0.00684 e. The van der Waals surface area contributed by atoms with E-state index in [4.69, 9.17) is 0 Å². The zero-order valence-electron chi connectivity index (χ0n) is 12.5. The highest BCUT2D eigenvalue weighted by atomic mass is 15.0. The highest BCUT2D eigenvalue weighted by Crippen LogP contribution is 2.39. The van der Waals surface area contributed by atoms with E-state index in [9.17, 15) is 0 Å². The molecule has 1 aliphatic rings. The molecule has 2 atom stereocenters. The summed E-state index contributed by atoms with van der Waals surface area (Å²) in [5, 5.41) is 3.80. The molecule has 1 aliphatic carbocycles. The van der Waals surface area contributed by atoms with Gasteiger partial charge in [0, 0.05) is 12.6 Å². The Bertz CT molecular complexity index is 198. The Morgan fingerprint density at radius 1 is 1.18 bits per heavy atom. The molecule has 0 aliphatic heterocycles. The van der Waals surface area contributed by atoms with Crippen molar-refractivity contribution in [3.63, 3.8) is 0 Å². The molecule has 1 fully saturated rings. The van der Waals surface area contributed by atoms with Crippen molar-refractivity contribution in [2.45, 2.75) is 85.1 Å². The Labute approximate surface area is 109 Å². The van der Waals surface area contributed by atoms with Gasteiger partial charge < -0.3 is 5.32 Å². The number of nitrogens with one attached hydrogen (secondary N) is 1. The minimum atomic E-state index is 0.564. The van der Waals surface area contributed by atoms with E-state index in [1.807, 2.05) is 0 Å². The number of hydrogen-bond donors (Lipinski definition) is 1. The molecule has 0 spiro atoms. The summed E-state index contributed by atoms with van der Waals surface area (Å²) < 4.78 is 0. The molecule has 102 valence electrons. The van der Waals surface area contributed by atoms with Crippen molar-refractivity contribution in [2.24, 2.45) is 11.3 Å². The van der Waals surface area contributed by atoms with Gasteiger partial charge in [0.15, 0.2) is 0 Å². The Morgan fingerprint density at radius 2 is 1.88 bits per heavy atom. The SMILES string of the molecule is CCCCC(CC)(CNC1CC1)C(C)CCC. The van der Waals surface area contributed by atoms with Crippen LogP contribution in [0.4, 0.5) is 0 Å². The Balaban J connectivity index is 2.55. The summed E-state index contributed by atoms with van der Waals surface area (Å²) in [6.45, 7) is 10.8.